The molecule has 2 amide bonds. The van der Waals surface area contributed by atoms with Crippen molar-refractivity contribution >= 4 is 51.5 Å². The number of hydrogen-bond donors (Lipinski definition) is 3. The summed E-state index contributed by atoms with van der Waals surface area (Å²) >= 11 is 0. The smallest absolute Gasteiger partial charge is 0.272 e. The van der Waals surface area contributed by atoms with Crippen molar-refractivity contribution in [3.63, 3.8) is 0 Å². The fourth-order valence-electron chi connectivity index (χ4n) is 6.47. The Morgan fingerprint density at radius 2 is 1.74 bits per heavy atom. The zero-order chi connectivity index (χ0) is 32.2. The van der Waals surface area contributed by atoms with E-state index in [-0.39, 0.29) is 17.9 Å². The molecule has 2 fully saturated rings. The normalized spacial score (nSPS) is 15.7. The van der Waals surface area contributed by atoms with Crippen LogP contribution in [0.1, 0.15) is 56.1 Å². The molecule has 0 atom stereocenters. The van der Waals surface area contributed by atoms with Gasteiger partial charge in [-0.3, -0.25) is 14.5 Å². The summed E-state index contributed by atoms with van der Waals surface area (Å²) in [5, 5.41) is 10.1. The Balaban J connectivity index is 1.34. The van der Waals surface area contributed by atoms with Crippen LogP contribution in [0.4, 0.5) is 28.7 Å². The van der Waals surface area contributed by atoms with Gasteiger partial charge in [0, 0.05) is 61.6 Å². The Labute approximate surface area is 269 Å². The first kappa shape index (κ1) is 31.1. The number of carbonyl (C=O) groups is 2. The molecule has 1 aliphatic heterocycles. The number of benzene rings is 2. The molecule has 6 rings (SSSR count). The van der Waals surface area contributed by atoms with E-state index < -0.39 is 0 Å². The molecule has 0 bridgehead atoms. The van der Waals surface area contributed by atoms with Gasteiger partial charge in [0.05, 0.1) is 24.2 Å². The molecule has 11 heteroatoms. The first-order valence-electron chi connectivity index (χ1n) is 16.0. The number of fused-ring (bicyclic) bond motifs is 1. The third-order valence-corrected chi connectivity index (χ3v) is 8.92. The summed E-state index contributed by atoms with van der Waals surface area (Å²) < 4.78 is 7.90. The number of anilines is 5. The molecule has 1 saturated heterocycles. The summed E-state index contributed by atoms with van der Waals surface area (Å²) in [7, 11) is 1.62. The molecule has 46 heavy (non-hydrogen) atoms. The van der Waals surface area contributed by atoms with Crippen LogP contribution < -0.4 is 25.6 Å². The second-order valence-electron chi connectivity index (χ2n) is 12.1. The van der Waals surface area contributed by atoms with Crippen molar-refractivity contribution < 1.29 is 14.3 Å². The Bertz CT molecular complexity index is 1720. The van der Waals surface area contributed by atoms with Crippen LogP contribution in [0.3, 0.4) is 0 Å². The zero-order valence-electron chi connectivity index (χ0n) is 26.8. The number of nitrogens with zero attached hydrogens (tertiary/aromatic N) is 5. The van der Waals surface area contributed by atoms with Crippen molar-refractivity contribution in [1.29, 1.82) is 0 Å². The molecule has 3 heterocycles. The molecule has 0 radical (unpaired) electrons. The van der Waals surface area contributed by atoms with Gasteiger partial charge in [0.15, 0.2) is 0 Å². The van der Waals surface area contributed by atoms with E-state index in [2.05, 4.69) is 55.7 Å². The molecule has 11 nitrogen and oxygen atoms in total. The van der Waals surface area contributed by atoms with Crippen LogP contribution in [0, 0.1) is 0 Å². The lowest BCUT2D eigenvalue weighted by molar-refractivity contribution is -0.111. The number of piperazine rings is 1. The SMILES string of the molecule is C=CC(=O)Nc1cc(Nc2ncc3cc(C(=O)Nc4ccccc4)n(C4CCCC4)c3n2)c(OC)cc1N1CCN(C(C)C)CC1. The quantitative estimate of drug-likeness (QED) is 0.179. The maximum atomic E-state index is 13.5. The summed E-state index contributed by atoms with van der Waals surface area (Å²) in [6.07, 6.45) is 7.18. The number of amides is 2. The molecule has 2 aromatic heterocycles. The number of rotatable bonds is 10. The van der Waals surface area contributed by atoms with Crippen LogP contribution in [0.25, 0.3) is 11.0 Å². The van der Waals surface area contributed by atoms with Crippen molar-refractivity contribution in [2.75, 3.05) is 54.1 Å². The number of ether oxygens (including phenoxy) is 1. The standard InChI is InChI=1S/C35H42N8O3/c1-5-32(44)38-27-20-28(31(46-4)21-29(27)42-17-15-41(16-18-42)23(2)3)39-35-36-22-24-19-30(34(45)37-25-11-7-6-8-12-25)43(33(24)40-35)26-13-9-10-14-26/h5-8,11-12,19-23,26H,1,9-10,13-18H2,2-4H3,(H,37,45)(H,38,44)(H,36,39,40). The summed E-state index contributed by atoms with van der Waals surface area (Å²) in [4.78, 5) is 40.3. The van der Waals surface area contributed by atoms with E-state index in [0.717, 1.165) is 68.6 Å². The van der Waals surface area contributed by atoms with E-state index in [1.165, 1.54) is 6.08 Å². The van der Waals surface area contributed by atoms with Crippen LogP contribution in [0.2, 0.25) is 0 Å². The van der Waals surface area contributed by atoms with Gasteiger partial charge in [0.25, 0.3) is 5.91 Å². The van der Waals surface area contributed by atoms with Crippen molar-refractivity contribution in [2.24, 2.45) is 0 Å². The maximum Gasteiger partial charge on any atom is 0.272 e. The molecule has 2 aliphatic rings. The Morgan fingerprint density at radius 3 is 2.41 bits per heavy atom. The van der Waals surface area contributed by atoms with Gasteiger partial charge in [-0.15, -0.1) is 0 Å². The molecule has 240 valence electrons. The third-order valence-electron chi connectivity index (χ3n) is 8.92. The van der Waals surface area contributed by atoms with Crippen LogP contribution in [0.5, 0.6) is 5.75 Å². The van der Waals surface area contributed by atoms with E-state index in [1.807, 2.05) is 48.5 Å². The average Bonchev–Trinajstić information content (AvgIpc) is 3.73. The molecule has 2 aromatic carbocycles. The van der Waals surface area contributed by atoms with Gasteiger partial charge in [0.1, 0.15) is 17.1 Å². The molecule has 1 saturated carbocycles. The highest BCUT2D eigenvalue weighted by atomic mass is 16.5. The highest BCUT2D eigenvalue weighted by molar-refractivity contribution is 6.06. The minimum absolute atomic E-state index is 0.169. The van der Waals surface area contributed by atoms with E-state index >= 15 is 0 Å². The summed E-state index contributed by atoms with van der Waals surface area (Å²) in [6, 6.07) is 15.8. The van der Waals surface area contributed by atoms with Crippen molar-refractivity contribution in [3.8, 4) is 5.75 Å². The number of carbonyl (C=O) groups excluding carboxylic acids is 2. The first-order valence-corrected chi connectivity index (χ1v) is 16.0. The Kier molecular flexibility index (Phi) is 9.20. The predicted molar refractivity (Wildman–Crippen MR) is 183 cm³/mol. The summed E-state index contributed by atoms with van der Waals surface area (Å²) in [5.74, 6) is 0.472. The van der Waals surface area contributed by atoms with Gasteiger partial charge in [-0.2, -0.15) is 4.98 Å². The summed E-state index contributed by atoms with van der Waals surface area (Å²) in [6.45, 7) is 11.5. The van der Waals surface area contributed by atoms with Crippen LogP contribution >= 0.6 is 0 Å². The third kappa shape index (κ3) is 6.55. The lowest BCUT2D eigenvalue weighted by Crippen LogP contribution is -2.49. The van der Waals surface area contributed by atoms with Gasteiger partial charge in [-0.05, 0) is 57.0 Å². The second-order valence-corrected chi connectivity index (χ2v) is 12.1. The minimum atomic E-state index is -0.299. The minimum Gasteiger partial charge on any atom is -0.494 e. The fourth-order valence-corrected chi connectivity index (χ4v) is 6.47. The van der Waals surface area contributed by atoms with Crippen molar-refractivity contribution in [1.82, 2.24) is 19.4 Å². The van der Waals surface area contributed by atoms with E-state index in [9.17, 15) is 9.59 Å². The largest absolute Gasteiger partial charge is 0.494 e. The Morgan fingerprint density at radius 1 is 1.00 bits per heavy atom. The summed E-state index contributed by atoms with van der Waals surface area (Å²) in [5.41, 5.74) is 4.11. The predicted octanol–water partition coefficient (Wildman–Crippen LogP) is 6.21. The first-order chi connectivity index (χ1) is 22.3. The van der Waals surface area contributed by atoms with Gasteiger partial charge in [-0.25, -0.2) is 4.98 Å². The second kappa shape index (κ2) is 13.6. The van der Waals surface area contributed by atoms with E-state index in [0.29, 0.717) is 40.5 Å². The van der Waals surface area contributed by atoms with Gasteiger partial charge in [-0.1, -0.05) is 37.6 Å². The van der Waals surface area contributed by atoms with Crippen LogP contribution in [0.15, 0.2) is 67.4 Å². The lowest BCUT2D eigenvalue weighted by Gasteiger charge is -2.39. The molecule has 0 spiro atoms. The molecule has 0 unspecified atom stereocenters. The number of hydrogen-bond acceptors (Lipinski definition) is 8. The van der Waals surface area contributed by atoms with E-state index in [1.54, 1.807) is 13.3 Å². The zero-order valence-corrected chi connectivity index (χ0v) is 26.8. The maximum absolute atomic E-state index is 13.5. The monoisotopic (exact) mass is 622 g/mol. The highest BCUT2D eigenvalue weighted by Crippen LogP contribution is 2.39. The van der Waals surface area contributed by atoms with Gasteiger partial charge < -0.3 is 30.2 Å². The fraction of sp³-hybridized carbons (Fsp3) is 0.371. The Hall–Kier alpha value is -4.90. The van der Waals surface area contributed by atoms with Crippen molar-refractivity contribution in [3.05, 3.63) is 73.1 Å². The molecular formula is C35H42N8O3. The highest BCUT2D eigenvalue weighted by Gasteiger charge is 2.27. The van der Waals surface area contributed by atoms with Gasteiger partial charge >= 0.3 is 0 Å². The van der Waals surface area contributed by atoms with Gasteiger partial charge in [0.2, 0.25) is 11.9 Å². The number of methoxy groups -OCH3 is 1. The molecule has 3 N–H and O–H groups in total. The average molecular weight is 623 g/mol. The lowest BCUT2D eigenvalue weighted by atomic mass is 10.1. The number of nitrogens with one attached hydrogen (secondary N) is 3. The van der Waals surface area contributed by atoms with Crippen molar-refractivity contribution in [2.45, 2.75) is 51.6 Å². The molecule has 4 aromatic rings. The van der Waals surface area contributed by atoms with Crippen LogP contribution in [-0.4, -0.2) is 70.6 Å². The number of para-hydroxylation sites is 1. The topological polar surface area (TPSA) is 117 Å². The van der Waals surface area contributed by atoms with E-state index in [4.69, 9.17) is 9.72 Å². The molecular weight excluding hydrogens is 580 g/mol. The number of aromatic nitrogens is 3. The van der Waals surface area contributed by atoms with Crippen LogP contribution in [-0.2, 0) is 4.79 Å². The molecule has 1 aliphatic carbocycles.